The Morgan fingerprint density at radius 3 is 2.44 bits per heavy atom. The lowest BCUT2D eigenvalue weighted by Crippen LogP contribution is -2.58. The molecule has 0 radical (unpaired) electrons. The largest absolute Gasteiger partial charge is 0.413 e. The van der Waals surface area contributed by atoms with Crippen LogP contribution < -0.4 is 5.48 Å². The number of alkyl halides is 3. The topological polar surface area (TPSA) is 41.6 Å². The van der Waals surface area contributed by atoms with Gasteiger partial charge in [-0.3, -0.25) is 9.63 Å². The second-order valence-corrected chi connectivity index (χ2v) is 5.31. The summed E-state index contributed by atoms with van der Waals surface area (Å²) >= 11 is 0. The zero-order valence-corrected chi connectivity index (χ0v) is 10.0. The number of hydrogen-bond acceptors (Lipinski definition) is 3. The van der Waals surface area contributed by atoms with Crippen LogP contribution in [0.3, 0.4) is 0 Å². The molecule has 1 heterocycles. The summed E-state index contributed by atoms with van der Waals surface area (Å²) in [5, 5.41) is 0. The number of rotatable bonds is 4. The van der Waals surface area contributed by atoms with E-state index < -0.39 is 12.8 Å². The molecule has 1 N–H and O–H groups in total. The van der Waals surface area contributed by atoms with Gasteiger partial charge in [-0.05, 0) is 25.7 Å². The third-order valence-electron chi connectivity index (χ3n) is 3.76. The molecule has 0 aromatic heterocycles. The van der Waals surface area contributed by atoms with E-state index in [9.17, 15) is 18.0 Å². The van der Waals surface area contributed by atoms with E-state index >= 15 is 0 Å². The fourth-order valence-corrected chi connectivity index (χ4v) is 2.80. The number of hydroxylamine groups is 1. The predicted octanol–water partition coefficient (Wildman–Crippen LogP) is 1.47. The smallest absolute Gasteiger partial charge is 0.344 e. The van der Waals surface area contributed by atoms with Crippen molar-refractivity contribution >= 4 is 6.41 Å². The molecule has 1 saturated carbocycles. The average molecular weight is 266 g/mol. The van der Waals surface area contributed by atoms with Gasteiger partial charge in [0.1, 0.15) is 0 Å². The number of amides is 1. The molecule has 7 heteroatoms. The lowest BCUT2D eigenvalue weighted by atomic mass is 9.68. The molecule has 1 aliphatic carbocycles. The maximum absolute atomic E-state index is 11.9. The molecule has 104 valence electrons. The number of hydrogen-bond donors (Lipinski definition) is 1. The molecule has 1 saturated heterocycles. The molecule has 0 unspecified atom stereocenters. The number of carbonyl (C=O) groups excluding carboxylic acids is 1. The van der Waals surface area contributed by atoms with Crippen LogP contribution in [0.15, 0.2) is 0 Å². The van der Waals surface area contributed by atoms with Crippen molar-refractivity contribution in [2.45, 2.75) is 37.9 Å². The van der Waals surface area contributed by atoms with Gasteiger partial charge in [0.2, 0.25) is 6.41 Å². The van der Waals surface area contributed by atoms with Crippen molar-refractivity contribution < 1.29 is 22.8 Å². The maximum atomic E-state index is 11.9. The lowest BCUT2D eigenvalue weighted by molar-refractivity contribution is -0.195. The zero-order valence-electron chi connectivity index (χ0n) is 10.0. The highest BCUT2D eigenvalue weighted by Gasteiger charge is 2.44. The molecule has 1 aliphatic heterocycles. The highest BCUT2D eigenvalue weighted by atomic mass is 19.4. The minimum Gasteiger partial charge on any atom is -0.344 e. The van der Waals surface area contributed by atoms with Crippen molar-refractivity contribution in [3.63, 3.8) is 0 Å². The SMILES string of the molecule is O=CN1CC2(CCC(NOCC(F)(F)F)CC2)C1. The number of halogens is 3. The van der Waals surface area contributed by atoms with Gasteiger partial charge >= 0.3 is 6.18 Å². The van der Waals surface area contributed by atoms with Crippen LogP contribution in [0.25, 0.3) is 0 Å². The van der Waals surface area contributed by atoms with E-state index in [4.69, 9.17) is 0 Å². The Kier molecular flexibility index (Phi) is 3.82. The number of carbonyl (C=O) groups is 1. The summed E-state index contributed by atoms with van der Waals surface area (Å²) < 4.78 is 35.6. The summed E-state index contributed by atoms with van der Waals surface area (Å²) in [6.45, 7) is 0.312. The van der Waals surface area contributed by atoms with Crippen LogP contribution in [0.4, 0.5) is 13.2 Å². The Morgan fingerprint density at radius 2 is 1.94 bits per heavy atom. The predicted molar refractivity (Wildman–Crippen MR) is 57.5 cm³/mol. The van der Waals surface area contributed by atoms with Crippen LogP contribution in [-0.2, 0) is 9.63 Å². The van der Waals surface area contributed by atoms with Gasteiger partial charge in [-0.1, -0.05) is 0 Å². The molecule has 2 fully saturated rings. The van der Waals surface area contributed by atoms with E-state index in [-0.39, 0.29) is 11.5 Å². The second kappa shape index (κ2) is 5.05. The van der Waals surface area contributed by atoms with Crippen LogP contribution in [0.1, 0.15) is 25.7 Å². The molecular weight excluding hydrogens is 249 g/mol. The minimum absolute atomic E-state index is 0.0109. The van der Waals surface area contributed by atoms with E-state index in [0.717, 1.165) is 45.2 Å². The van der Waals surface area contributed by atoms with Crippen LogP contribution in [0.2, 0.25) is 0 Å². The minimum atomic E-state index is -4.29. The zero-order chi connectivity index (χ0) is 13.2. The van der Waals surface area contributed by atoms with Gasteiger partial charge in [-0.25, -0.2) is 0 Å². The standard InChI is InChI=1S/C11H17F3N2O2/c12-11(13,14)7-18-15-9-1-3-10(4-2-9)5-16(6-10)8-17/h8-9,15H,1-7H2. The molecule has 18 heavy (non-hydrogen) atoms. The first-order chi connectivity index (χ1) is 8.42. The second-order valence-electron chi connectivity index (χ2n) is 5.31. The first-order valence-corrected chi connectivity index (χ1v) is 6.06. The van der Waals surface area contributed by atoms with Crippen LogP contribution in [0, 0.1) is 5.41 Å². The first kappa shape index (κ1) is 13.6. The van der Waals surface area contributed by atoms with E-state index in [0.29, 0.717) is 0 Å². The van der Waals surface area contributed by atoms with Gasteiger partial charge in [-0.2, -0.15) is 18.7 Å². The van der Waals surface area contributed by atoms with Crippen molar-refractivity contribution in [3.05, 3.63) is 0 Å². The molecular formula is C11H17F3N2O2. The fraction of sp³-hybridized carbons (Fsp3) is 0.909. The van der Waals surface area contributed by atoms with Gasteiger partial charge in [-0.15, -0.1) is 0 Å². The van der Waals surface area contributed by atoms with Gasteiger partial charge in [0.05, 0.1) is 0 Å². The molecule has 0 atom stereocenters. The monoisotopic (exact) mass is 266 g/mol. The molecule has 1 amide bonds. The number of likely N-dealkylation sites (tertiary alicyclic amines) is 1. The summed E-state index contributed by atoms with van der Waals surface area (Å²) in [4.78, 5) is 16.7. The van der Waals surface area contributed by atoms with E-state index in [1.54, 1.807) is 4.90 Å². The van der Waals surface area contributed by atoms with E-state index in [1.807, 2.05) is 0 Å². The number of nitrogens with one attached hydrogen (secondary N) is 1. The molecule has 0 aromatic rings. The molecule has 2 aliphatic rings. The third kappa shape index (κ3) is 3.35. The quantitative estimate of drug-likeness (QED) is 0.619. The van der Waals surface area contributed by atoms with Crippen molar-refractivity contribution in [3.8, 4) is 0 Å². The van der Waals surface area contributed by atoms with Gasteiger partial charge in [0.15, 0.2) is 6.61 Å². The summed E-state index contributed by atoms with van der Waals surface area (Å²) in [7, 11) is 0. The normalized spacial score (nSPS) is 24.1. The van der Waals surface area contributed by atoms with Crippen LogP contribution >= 0.6 is 0 Å². The lowest BCUT2D eigenvalue weighted by Gasteiger charge is -2.52. The number of nitrogens with zero attached hydrogens (tertiary/aromatic N) is 1. The molecule has 2 rings (SSSR count). The summed E-state index contributed by atoms with van der Waals surface area (Å²) in [6.07, 6.45) is 0.0211. The van der Waals surface area contributed by atoms with Crippen molar-refractivity contribution in [1.29, 1.82) is 0 Å². The Labute approximate surface area is 103 Å². The molecule has 1 spiro atoms. The molecule has 0 bridgehead atoms. The Morgan fingerprint density at radius 1 is 1.33 bits per heavy atom. The van der Waals surface area contributed by atoms with Gasteiger partial charge in [0, 0.05) is 24.5 Å². The van der Waals surface area contributed by atoms with Gasteiger partial charge < -0.3 is 4.90 Å². The summed E-state index contributed by atoms with van der Waals surface area (Å²) in [5.74, 6) is 0. The van der Waals surface area contributed by atoms with Crippen LogP contribution in [-0.4, -0.2) is 43.2 Å². The van der Waals surface area contributed by atoms with E-state index in [2.05, 4.69) is 10.3 Å². The van der Waals surface area contributed by atoms with Gasteiger partial charge in [0.25, 0.3) is 0 Å². The highest BCUT2D eigenvalue weighted by Crippen LogP contribution is 2.43. The molecule has 4 nitrogen and oxygen atoms in total. The summed E-state index contributed by atoms with van der Waals surface area (Å²) in [5.41, 5.74) is 2.70. The molecule has 0 aromatic carbocycles. The Balaban J connectivity index is 1.64. The maximum Gasteiger partial charge on any atom is 0.413 e. The first-order valence-electron chi connectivity index (χ1n) is 6.06. The van der Waals surface area contributed by atoms with Crippen molar-refractivity contribution in [2.24, 2.45) is 5.41 Å². The Hall–Kier alpha value is -0.820. The average Bonchev–Trinajstić information content (AvgIpc) is 2.25. The van der Waals surface area contributed by atoms with Crippen molar-refractivity contribution in [1.82, 2.24) is 10.4 Å². The van der Waals surface area contributed by atoms with E-state index in [1.165, 1.54) is 0 Å². The highest BCUT2D eigenvalue weighted by molar-refractivity contribution is 5.49. The van der Waals surface area contributed by atoms with Crippen LogP contribution in [0.5, 0.6) is 0 Å². The third-order valence-corrected chi connectivity index (χ3v) is 3.76. The summed E-state index contributed by atoms with van der Waals surface area (Å²) in [6, 6.07) is -0.0109. The fourth-order valence-electron chi connectivity index (χ4n) is 2.80. The Bertz CT molecular complexity index is 293. The van der Waals surface area contributed by atoms with Crippen molar-refractivity contribution in [2.75, 3.05) is 19.7 Å².